The first-order valence-electron chi connectivity index (χ1n) is 4.98. The molecule has 2 heterocycles. The third-order valence-electron chi connectivity index (χ3n) is 2.28. The molecule has 0 spiro atoms. The van der Waals surface area contributed by atoms with Crippen molar-refractivity contribution in [2.75, 3.05) is 11.5 Å². The highest BCUT2D eigenvalue weighted by Crippen LogP contribution is 2.27. The number of carbonyl (C=O) groups is 1. The van der Waals surface area contributed by atoms with Crippen molar-refractivity contribution in [2.45, 2.75) is 6.18 Å². The van der Waals surface area contributed by atoms with Gasteiger partial charge in [0.1, 0.15) is 23.4 Å². The van der Waals surface area contributed by atoms with Crippen LogP contribution in [0.4, 0.5) is 24.8 Å². The first-order valence-corrected chi connectivity index (χ1v) is 4.98. The molecule has 0 aromatic carbocycles. The molecule has 0 bridgehead atoms. The van der Waals surface area contributed by atoms with Crippen molar-refractivity contribution in [3.8, 4) is 5.69 Å². The highest BCUT2D eigenvalue weighted by Gasteiger charge is 2.36. The molecule has 0 radical (unpaired) electrons. The number of nitrogens with zero attached hydrogens (tertiary/aromatic N) is 4. The first kappa shape index (κ1) is 13.6. The van der Waals surface area contributed by atoms with Crippen molar-refractivity contribution in [1.82, 2.24) is 19.7 Å². The van der Waals surface area contributed by atoms with Gasteiger partial charge in [-0.15, -0.1) is 5.10 Å². The zero-order chi connectivity index (χ0) is 15.1. The van der Waals surface area contributed by atoms with E-state index in [9.17, 15) is 18.0 Å². The minimum Gasteiger partial charge on any atom is -0.478 e. The Kier molecular flexibility index (Phi) is 2.96. The van der Waals surface area contributed by atoms with Crippen LogP contribution in [-0.4, -0.2) is 30.8 Å². The van der Waals surface area contributed by atoms with Crippen LogP contribution < -0.4 is 11.5 Å². The van der Waals surface area contributed by atoms with Crippen molar-refractivity contribution in [1.29, 1.82) is 0 Å². The van der Waals surface area contributed by atoms with E-state index in [0.717, 1.165) is 12.4 Å². The minimum atomic E-state index is -4.73. The van der Waals surface area contributed by atoms with E-state index in [1.54, 1.807) is 0 Å². The van der Waals surface area contributed by atoms with Crippen molar-refractivity contribution >= 4 is 17.6 Å². The van der Waals surface area contributed by atoms with Gasteiger partial charge in [0, 0.05) is 0 Å². The predicted molar refractivity (Wildman–Crippen MR) is 59.9 cm³/mol. The van der Waals surface area contributed by atoms with Gasteiger partial charge < -0.3 is 16.6 Å². The number of hydrogen-bond acceptors (Lipinski definition) is 6. The molecule has 0 aliphatic rings. The lowest BCUT2D eigenvalue weighted by molar-refractivity contribution is -0.144. The second kappa shape index (κ2) is 4.36. The van der Waals surface area contributed by atoms with Gasteiger partial charge in [-0.3, -0.25) is 0 Å². The molecule has 106 valence electrons. The van der Waals surface area contributed by atoms with Crippen LogP contribution in [0.3, 0.4) is 0 Å². The summed E-state index contributed by atoms with van der Waals surface area (Å²) in [6.07, 6.45) is -3.98. The number of rotatable bonds is 2. The number of pyridine rings is 1. The van der Waals surface area contributed by atoms with E-state index in [1.807, 2.05) is 0 Å². The highest BCUT2D eigenvalue weighted by molar-refractivity contribution is 5.94. The maximum atomic E-state index is 12.4. The van der Waals surface area contributed by atoms with Gasteiger partial charge in [-0.05, 0) is 6.07 Å². The normalized spacial score (nSPS) is 11.6. The van der Waals surface area contributed by atoms with Crippen LogP contribution in [0.25, 0.3) is 5.69 Å². The topological polar surface area (TPSA) is 133 Å². The fourth-order valence-corrected chi connectivity index (χ4v) is 1.40. The number of alkyl halides is 3. The van der Waals surface area contributed by atoms with Gasteiger partial charge in [0.05, 0.1) is 0 Å². The Bertz CT molecular complexity index is 681. The molecule has 2 aromatic rings. The summed E-state index contributed by atoms with van der Waals surface area (Å²) in [5.74, 6) is -3.40. The Balaban J connectivity index is 2.55. The molecule has 0 amide bonds. The smallest absolute Gasteiger partial charge is 0.453 e. The lowest BCUT2D eigenvalue weighted by atomic mass is 10.2. The molecular weight excluding hydrogens is 281 g/mol. The molecule has 0 saturated carbocycles. The Morgan fingerprint density at radius 3 is 2.45 bits per heavy atom. The molecule has 0 aliphatic heterocycles. The predicted octanol–water partition coefficient (Wildman–Crippen LogP) is 0.544. The summed E-state index contributed by atoms with van der Waals surface area (Å²) in [4.78, 5) is 17.5. The maximum Gasteiger partial charge on any atom is 0.453 e. The van der Waals surface area contributed by atoms with Gasteiger partial charge in [0.15, 0.2) is 5.82 Å². The monoisotopic (exact) mass is 288 g/mol. The highest BCUT2D eigenvalue weighted by atomic mass is 19.4. The lowest BCUT2D eigenvalue weighted by Gasteiger charge is -2.07. The number of carboxylic acids is 1. The van der Waals surface area contributed by atoms with Gasteiger partial charge in [0.2, 0.25) is 0 Å². The van der Waals surface area contributed by atoms with Crippen molar-refractivity contribution in [3.63, 3.8) is 0 Å². The first-order chi connectivity index (χ1) is 9.20. The van der Waals surface area contributed by atoms with E-state index >= 15 is 0 Å². The van der Waals surface area contributed by atoms with Crippen molar-refractivity contribution in [2.24, 2.45) is 0 Å². The standard InChI is InChI=1S/C9H7F3N6O2/c10-9(11,12)8-15-2-18(17-8)4-1-3(7(19)20)5(13)16-6(4)14/h1-2H,(H,19,20)(H4,13,14,16). The summed E-state index contributed by atoms with van der Waals surface area (Å²) in [6, 6.07) is 0.967. The van der Waals surface area contributed by atoms with Gasteiger partial charge in [-0.2, -0.15) is 13.2 Å². The molecule has 0 saturated heterocycles. The van der Waals surface area contributed by atoms with Crippen LogP contribution in [-0.2, 0) is 6.18 Å². The molecule has 2 aromatic heterocycles. The van der Waals surface area contributed by atoms with Crippen molar-refractivity contribution in [3.05, 3.63) is 23.8 Å². The summed E-state index contributed by atoms with van der Waals surface area (Å²) in [6.45, 7) is 0. The third kappa shape index (κ3) is 2.32. The Morgan fingerprint density at radius 1 is 1.30 bits per heavy atom. The number of aromatic carboxylic acids is 1. The average molecular weight is 288 g/mol. The van der Waals surface area contributed by atoms with Crippen molar-refractivity contribution < 1.29 is 23.1 Å². The molecule has 5 N–H and O–H groups in total. The van der Waals surface area contributed by atoms with E-state index in [2.05, 4.69) is 15.1 Å². The van der Waals surface area contributed by atoms with E-state index in [1.165, 1.54) is 0 Å². The molecular formula is C9H7F3N6O2. The van der Waals surface area contributed by atoms with E-state index in [4.69, 9.17) is 16.6 Å². The number of nitrogens with two attached hydrogens (primary N) is 2. The lowest BCUT2D eigenvalue weighted by Crippen LogP contribution is -2.12. The fourth-order valence-electron chi connectivity index (χ4n) is 1.40. The van der Waals surface area contributed by atoms with E-state index < -0.39 is 23.5 Å². The Morgan fingerprint density at radius 2 is 1.95 bits per heavy atom. The summed E-state index contributed by atoms with van der Waals surface area (Å²) in [7, 11) is 0. The fraction of sp³-hybridized carbons (Fsp3) is 0.111. The molecule has 11 heteroatoms. The quantitative estimate of drug-likeness (QED) is 0.734. The summed E-state index contributed by atoms with van der Waals surface area (Å²) in [5, 5.41) is 12.0. The van der Waals surface area contributed by atoms with Crippen LogP contribution in [0.2, 0.25) is 0 Å². The van der Waals surface area contributed by atoms with Crippen LogP contribution in [0.15, 0.2) is 12.4 Å². The number of nitrogen functional groups attached to an aromatic ring is 2. The van der Waals surface area contributed by atoms with Crippen LogP contribution >= 0.6 is 0 Å². The second-order valence-corrected chi connectivity index (χ2v) is 3.64. The maximum absolute atomic E-state index is 12.4. The summed E-state index contributed by atoms with van der Waals surface area (Å²) >= 11 is 0. The SMILES string of the molecule is Nc1nc(N)c(-n2cnc(C(F)(F)F)n2)cc1C(=O)O. The third-order valence-corrected chi connectivity index (χ3v) is 2.28. The van der Waals surface area contributed by atoms with Gasteiger partial charge in [-0.25, -0.2) is 19.4 Å². The molecule has 0 fully saturated rings. The average Bonchev–Trinajstić information content (AvgIpc) is 2.77. The second-order valence-electron chi connectivity index (χ2n) is 3.64. The van der Waals surface area contributed by atoms with E-state index in [0.29, 0.717) is 4.68 Å². The minimum absolute atomic E-state index is 0.167. The molecule has 0 atom stereocenters. The molecule has 0 unspecified atom stereocenters. The summed E-state index contributed by atoms with van der Waals surface area (Å²) in [5.41, 5.74) is 10.3. The molecule has 20 heavy (non-hydrogen) atoms. The molecule has 8 nitrogen and oxygen atoms in total. The van der Waals surface area contributed by atoms with Gasteiger partial charge in [-0.1, -0.05) is 0 Å². The number of anilines is 2. The van der Waals surface area contributed by atoms with Crippen LogP contribution in [0, 0.1) is 0 Å². The summed E-state index contributed by atoms with van der Waals surface area (Å²) < 4.78 is 37.8. The molecule has 0 aliphatic carbocycles. The van der Waals surface area contributed by atoms with Gasteiger partial charge in [0.25, 0.3) is 5.82 Å². The number of halogens is 3. The van der Waals surface area contributed by atoms with Gasteiger partial charge >= 0.3 is 12.1 Å². The Hall–Kier alpha value is -2.85. The number of aromatic nitrogens is 4. The largest absolute Gasteiger partial charge is 0.478 e. The number of hydrogen-bond donors (Lipinski definition) is 3. The van der Waals surface area contributed by atoms with Crippen LogP contribution in [0.5, 0.6) is 0 Å². The Labute approximate surface area is 108 Å². The zero-order valence-electron chi connectivity index (χ0n) is 9.59. The molecule has 2 rings (SSSR count). The van der Waals surface area contributed by atoms with E-state index in [-0.39, 0.29) is 17.3 Å². The zero-order valence-corrected chi connectivity index (χ0v) is 9.59. The van der Waals surface area contributed by atoms with Crippen LogP contribution in [0.1, 0.15) is 16.2 Å². The number of carboxylic acid groups (broad SMARTS) is 1.